The highest BCUT2D eigenvalue weighted by Crippen LogP contribution is 2.47. The molecule has 3 heterocycles. The summed E-state index contributed by atoms with van der Waals surface area (Å²) >= 11 is 0. The topological polar surface area (TPSA) is 65.1 Å². The van der Waals surface area contributed by atoms with Gasteiger partial charge in [0.2, 0.25) is 5.91 Å². The number of carbonyl (C=O) groups is 2. The van der Waals surface area contributed by atoms with Gasteiger partial charge in [0.25, 0.3) is 0 Å². The number of carbonyl (C=O) groups excluding carboxylic acids is 2. The minimum absolute atomic E-state index is 0.00392. The molecule has 1 spiro atoms. The van der Waals surface area contributed by atoms with E-state index in [9.17, 15) is 9.59 Å². The fourth-order valence-corrected chi connectivity index (χ4v) is 5.53. The van der Waals surface area contributed by atoms with Crippen molar-refractivity contribution in [2.24, 2.45) is 5.41 Å². The average Bonchev–Trinajstić information content (AvgIpc) is 2.88. The summed E-state index contributed by atoms with van der Waals surface area (Å²) in [6.45, 7) is 3.23. The molecule has 150 valence electrons. The van der Waals surface area contributed by atoms with E-state index in [-0.39, 0.29) is 30.1 Å². The molecule has 2 atom stereocenters. The van der Waals surface area contributed by atoms with E-state index >= 15 is 0 Å². The van der Waals surface area contributed by atoms with Crippen LogP contribution in [0.2, 0.25) is 0 Å². The molecule has 1 saturated carbocycles. The first-order valence-electron chi connectivity index (χ1n) is 10.3. The van der Waals surface area contributed by atoms with E-state index in [0.29, 0.717) is 25.0 Å². The maximum Gasteiger partial charge on any atom is 0.345 e. The van der Waals surface area contributed by atoms with Gasteiger partial charge in [-0.05, 0) is 43.7 Å². The van der Waals surface area contributed by atoms with Crippen molar-refractivity contribution in [3.63, 3.8) is 0 Å². The van der Waals surface area contributed by atoms with E-state index < -0.39 is 0 Å². The third kappa shape index (κ3) is 3.06. The SMILES string of the molecule is CN1CC2(CC(NC(=O)[C@@H]3CC[C@@H]4CN3C(=O)N4OCc3ccccc3)C2)C1. The first-order chi connectivity index (χ1) is 13.5. The summed E-state index contributed by atoms with van der Waals surface area (Å²) < 4.78 is 0. The second-order valence-corrected chi connectivity index (χ2v) is 9.05. The van der Waals surface area contributed by atoms with Gasteiger partial charge in [-0.1, -0.05) is 30.3 Å². The molecule has 0 radical (unpaired) electrons. The molecular formula is C21H28N4O3. The lowest BCUT2D eigenvalue weighted by Crippen LogP contribution is -2.66. The van der Waals surface area contributed by atoms with Crippen LogP contribution >= 0.6 is 0 Å². The fraction of sp³-hybridized carbons (Fsp3) is 0.619. The van der Waals surface area contributed by atoms with E-state index in [0.717, 1.165) is 37.9 Å². The van der Waals surface area contributed by atoms with Crippen LogP contribution in [-0.4, -0.2) is 71.6 Å². The summed E-state index contributed by atoms with van der Waals surface area (Å²) in [6.07, 6.45) is 3.64. The second kappa shape index (κ2) is 6.74. The molecule has 1 N–H and O–H groups in total. The highest BCUT2D eigenvalue weighted by atomic mass is 16.7. The molecule has 7 nitrogen and oxygen atoms in total. The zero-order valence-corrected chi connectivity index (χ0v) is 16.3. The summed E-state index contributed by atoms with van der Waals surface area (Å²) in [7, 11) is 2.14. The number of nitrogens with one attached hydrogen (secondary N) is 1. The molecule has 1 aromatic carbocycles. The number of hydrogen-bond acceptors (Lipinski definition) is 4. The van der Waals surface area contributed by atoms with Crippen LogP contribution in [0.25, 0.3) is 0 Å². The smallest absolute Gasteiger partial charge is 0.345 e. The van der Waals surface area contributed by atoms with Crippen LogP contribution < -0.4 is 5.32 Å². The highest BCUT2D eigenvalue weighted by molar-refractivity contribution is 5.88. The van der Waals surface area contributed by atoms with Gasteiger partial charge >= 0.3 is 6.03 Å². The van der Waals surface area contributed by atoms with Gasteiger partial charge in [-0.3, -0.25) is 9.63 Å². The molecule has 5 rings (SSSR count). The molecule has 2 bridgehead atoms. The standard InChI is InChI=1S/C21H28N4O3/c1-23-13-21(14-23)9-16(10-21)22-19(26)18-8-7-17-11-24(18)20(27)25(17)28-12-15-5-3-2-4-6-15/h2-6,16-18H,7-14H2,1H3,(H,22,26)/t17-,18+/m1/s1. The van der Waals surface area contributed by atoms with Gasteiger partial charge in [0, 0.05) is 25.7 Å². The highest BCUT2D eigenvalue weighted by Gasteiger charge is 2.53. The van der Waals surface area contributed by atoms with Crippen molar-refractivity contribution in [2.45, 2.75) is 50.4 Å². The van der Waals surface area contributed by atoms with Crippen molar-refractivity contribution in [3.8, 4) is 0 Å². The van der Waals surface area contributed by atoms with Crippen molar-refractivity contribution in [1.82, 2.24) is 20.2 Å². The van der Waals surface area contributed by atoms with Gasteiger partial charge in [-0.2, -0.15) is 5.06 Å². The van der Waals surface area contributed by atoms with E-state index in [1.54, 1.807) is 4.90 Å². The molecule has 0 unspecified atom stereocenters. The van der Waals surface area contributed by atoms with Crippen molar-refractivity contribution in [2.75, 3.05) is 26.7 Å². The first-order valence-corrected chi connectivity index (χ1v) is 10.3. The number of fused-ring (bicyclic) bond motifs is 2. The maximum absolute atomic E-state index is 12.8. The van der Waals surface area contributed by atoms with Crippen molar-refractivity contribution in [1.29, 1.82) is 0 Å². The lowest BCUT2D eigenvalue weighted by Gasteiger charge is -2.58. The molecule has 3 amide bonds. The number of hydroxylamine groups is 2. The Bertz CT molecular complexity index is 756. The maximum atomic E-state index is 12.8. The van der Waals surface area contributed by atoms with Gasteiger partial charge in [0.15, 0.2) is 0 Å². The summed E-state index contributed by atoms with van der Waals surface area (Å²) in [4.78, 5) is 35.5. The summed E-state index contributed by atoms with van der Waals surface area (Å²) in [5.41, 5.74) is 1.47. The Balaban J connectivity index is 1.15. The van der Waals surface area contributed by atoms with Gasteiger partial charge in [0.05, 0.1) is 6.04 Å². The van der Waals surface area contributed by atoms with Gasteiger partial charge in [0.1, 0.15) is 12.6 Å². The van der Waals surface area contributed by atoms with Gasteiger partial charge < -0.3 is 15.1 Å². The first kappa shape index (κ1) is 17.9. The Labute approximate surface area is 165 Å². The third-order valence-electron chi connectivity index (χ3n) is 6.75. The number of benzene rings is 1. The van der Waals surface area contributed by atoms with E-state index in [1.165, 1.54) is 5.06 Å². The van der Waals surface area contributed by atoms with Crippen molar-refractivity contribution >= 4 is 11.9 Å². The number of amides is 3. The molecule has 4 fully saturated rings. The lowest BCUT2D eigenvalue weighted by molar-refractivity contribution is -0.140. The number of piperidine rings is 1. The Morgan fingerprint density at radius 2 is 1.96 bits per heavy atom. The molecular weight excluding hydrogens is 356 g/mol. The quantitative estimate of drug-likeness (QED) is 0.838. The minimum atomic E-state index is -0.366. The Morgan fingerprint density at radius 3 is 2.68 bits per heavy atom. The van der Waals surface area contributed by atoms with Crippen LogP contribution in [0.4, 0.5) is 4.79 Å². The fourth-order valence-electron chi connectivity index (χ4n) is 5.53. The van der Waals surface area contributed by atoms with Gasteiger partial charge in [-0.15, -0.1) is 0 Å². The largest absolute Gasteiger partial charge is 0.352 e. The average molecular weight is 384 g/mol. The molecule has 1 aromatic rings. The lowest BCUT2D eigenvalue weighted by atomic mass is 9.61. The Hall–Kier alpha value is -2.12. The van der Waals surface area contributed by atoms with Gasteiger partial charge in [-0.25, -0.2) is 4.79 Å². The number of likely N-dealkylation sites (tertiary alicyclic amines) is 1. The van der Waals surface area contributed by atoms with Crippen LogP contribution in [0, 0.1) is 5.41 Å². The van der Waals surface area contributed by atoms with E-state index in [2.05, 4.69) is 17.3 Å². The molecule has 28 heavy (non-hydrogen) atoms. The van der Waals surface area contributed by atoms with Crippen molar-refractivity contribution in [3.05, 3.63) is 35.9 Å². The molecule has 0 aromatic heterocycles. The number of hydrogen-bond donors (Lipinski definition) is 1. The monoisotopic (exact) mass is 384 g/mol. The molecule has 7 heteroatoms. The number of rotatable bonds is 5. The van der Waals surface area contributed by atoms with Crippen LogP contribution in [-0.2, 0) is 16.2 Å². The molecule has 4 aliphatic rings. The van der Waals surface area contributed by atoms with Crippen LogP contribution in [0.1, 0.15) is 31.2 Å². The Kier molecular flexibility index (Phi) is 4.32. The minimum Gasteiger partial charge on any atom is -0.352 e. The predicted molar refractivity (Wildman–Crippen MR) is 103 cm³/mol. The summed E-state index contributed by atoms with van der Waals surface area (Å²) in [6, 6.07) is 9.60. The van der Waals surface area contributed by atoms with Crippen LogP contribution in [0.3, 0.4) is 0 Å². The zero-order valence-electron chi connectivity index (χ0n) is 16.3. The van der Waals surface area contributed by atoms with E-state index in [4.69, 9.17) is 4.84 Å². The molecule has 3 aliphatic heterocycles. The Morgan fingerprint density at radius 1 is 1.21 bits per heavy atom. The van der Waals surface area contributed by atoms with Crippen LogP contribution in [0.15, 0.2) is 30.3 Å². The third-order valence-corrected chi connectivity index (χ3v) is 6.75. The predicted octanol–water partition coefficient (Wildman–Crippen LogP) is 1.60. The second-order valence-electron chi connectivity index (χ2n) is 9.05. The van der Waals surface area contributed by atoms with E-state index in [1.807, 2.05) is 30.3 Å². The summed E-state index contributed by atoms with van der Waals surface area (Å²) in [5.74, 6) is 0.00392. The molecule has 1 aliphatic carbocycles. The molecule has 3 saturated heterocycles. The summed E-state index contributed by atoms with van der Waals surface area (Å²) in [5, 5.41) is 4.68. The number of nitrogens with zero attached hydrogens (tertiary/aromatic N) is 3. The van der Waals surface area contributed by atoms with Crippen LogP contribution in [0.5, 0.6) is 0 Å². The van der Waals surface area contributed by atoms with Crippen molar-refractivity contribution < 1.29 is 14.4 Å². The normalized spacial score (nSPS) is 29.0. The zero-order chi connectivity index (χ0) is 19.3. The number of urea groups is 1.